The number of imide groups is 2. The van der Waals surface area contributed by atoms with Gasteiger partial charge in [-0.2, -0.15) is 9.64 Å². The van der Waals surface area contributed by atoms with Crippen LogP contribution < -0.4 is 39.2 Å². The standard InChI is InChI=1S/C53H61N3O11S2.C4H5NO3.C2H2.CH3F.Na/c1-52(2)45(54(32-14-17-35-68(60,61)62)43-28-25-38-19-12-13-20-41(38)50(43)52)21-9-6-5-7-10-22-46-53(3,4)51-42-37-40(66-34-16-8-11-23-49(59)67-56-47(57)30-31-48(56)58)27-24-39(42)26-29-44(51)55(46)33-15-18-36-69(63,64)65;6-3-1-2-4(7)5(3)8;2*1-2;/h5-7,9-10,12-13,19-22,24-29,37H,8,11,14-18,23,30-36H2,1-4H3,(H-,60,61,62,63,64,65);8H,1-2H2;1-2H;1H3;/q;;;;+1/p-1/i;;2*1D;. The number of rotatable bonds is 22. The molecule has 0 aliphatic carbocycles. The van der Waals surface area contributed by atoms with Gasteiger partial charge >= 0.3 is 35.5 Å². The van der Waals surface area contributed by atoms with E-state index in [1.54, 1.807) is 0 Å². The van der Waals surface area contributed by atoms with E-state index in [1.807, 2.05) is 60.7 Å². The summed E-state index contributed by atoms with van der Waals surface area (Å²) in [6, 6.07) is 22.6. The van der Waals surface area contributed by atoms with Crippen molar-refractivity contribution >= 4 is 88.5 Å². The fourth-order valence-electron chi connectivity index (χ4n) is 10.4. The number of allylic oxidation sites excluding steroid dienone is 8. The van der Waals surface area contributed by atoms with Crippen LogP contribution in [-0.2, 0) is 59.9 Å². The van der Waals surface area contributed by atoms with Gasteiger partial charge in [0.05, 0.1) is 40.8 Å². The number of halogens is 1. The summed E-state index contributed by atoms with van der Waals surface area (Å²) in [5.74, 6) is -2.77. The van der Waals surface area contributed by atoms with Gasteiger partial charge in [0.25, 0.3) is 23.6 Å². The van der Waals surface area contributed by atoms with E-state index in [-0.39, 0.29) is 85.0 Å². The number of hydroxylamine groups is 4. The molecule has 0 bridgehead atoms. The fraction of sp³-hybridized carbons (Fsp3) is 0.400. The van der Waals surface area contributed by atoms with E-state index in [0.717, 1.165) is 49.9 Å². The number of terminal acetylenes is 1. The van der Waals surface area contributed by atoms with E-state index < -0.39 is 73.9 Å². The second-order valence-electron chi connectivity index (χ2n) is 20.4. The first-order valence-corrected chi connectivity index (χ1v) is 29.5. The van der Waals surface area contributed by atoms with Gasteiger partial charge in [-0.15, -0.1) is 17.9 Å². The number of hydrogen-bond donors (Lipinski definition) is 1. The molecule has 22 heteroatoms. The summed E-state index contributed by atoms with van der Waals surface area (Å²) in [7, 11) is -9.65. The fourth-order valence-corrected chi connectivity index (χ4v) is 11.5. The molecule has 4 aromatic rings. The van der Waals surface area contributed by atoms with Gasteiger partial charge in [-0.25, -0.2) is 21.6 Å². The second-order valence-corrected chi connectivity index (χ2v) is 23.4. The average Bonchev–Trinajstić information content (AvgIpc) is 1.85. The maximum absolute atomic E-state index is 12.2. The van der Waals surface area contributed by atoms with Gasteiger partial charge in [-0.3, -0.25) is 28.8 Å². The Balaban J connectivity index is 0.000000897. The molecule has 0 saturated carbocycles. The molecule has 4 heterocycles. The molecule has 18 nitrogen and oxygen atoms in total. The van der Waals surface area contributed by atoms with Gasteiger partial charge in [0.1, 0.15) is 13.7 Å². The molecule has 4 aromatic carbocycles. The molecule has 434 valence electrons. The van der Waals surface area contributed by atoms with Crippen molar-refractivity contribution in [3.63, 3.8) is 0 Å². The van der Waals surface area contributed by atoms with Crippen molar-refractivity contribution in [1.29, 1.82) is 0 Å². The Labute approximate surface area is 504 Å². The van der Waals surface area contributed by atoms with Gasteiger partial charge in [0, 0.05) is 91.1 Å². The summed E-state index contributed by atoms with van der Waals surface area (Å²) >= 11 is 0. The minimum Gasteiger partial charge on any atom is -0.748 e. The van der Waals surface area contributed by atoms with Crippen molar-refractivity contribution < 1.29 is 106 Å². The van der Waals surface area contributed by atoms with Crippen LogP contribution >= 0.6 is 0 Å². The molecule has 0 radical (unpaired) electrons. The number of anilines is 1. The maximum atomic E-state index is 12.2. The number of fused-ring (bicyclic) bond motifs is 6. The molecule has 4 amide bonds. The molecule has 2 fully saturated rings. The van der Waals surface area contributed by atoms with Crippen LogP contribution in [-0.4, -0.2) is 120 Å². The van der Waals surface area contributed by atoms with Crippen LogP contribution in [0.3, 0.4) is 0 Å². The third-order valence-electron chi connectivity index (χ3n) is 14.1. The van der Waals surface area contributed by atoms with Crippen molar-refractivity contribution in [2.24, 2.45) is 0 Å². The molecule has 0 unspecified atom stereocenters. The van der Waals surface area contributed by atoms with Crippen LogP contribution in [0.1, 0.15) is 119 Å². The summed E-state index contributed by atoms with van der Waals surface area (Å²) in [6.07, 6.45) is 23.6. The minimum atomic E-state index is -4.35. The number of carbonyl (C=O) groups excluding carboxylic acids is 5. The predicted octanol–water partition coefficient (Wildman–Crippen LogP) is 6.28. The maximum Gasteiger partial charge on any atom is 1.00 e. The molecule has 0 aromatic heterocycles. The van der Waals surface area contributed by atoms with Crippen LogP contribution in [0.15, 0.2) is 115 Å². The van der Waals surface area contributed by atoms with Gasteiger partial charge in [-0.05, 0) is 110 Å². The van der Waals surface area contributed by atoms with Crippen LogP contribution in [0.5, 0.6) is 5.75 Å². The van der Waals surface area contributed by atoms with Gasteiger partial charge in [0.15, 0.2) is 5.71 Å². The molecule has 1 N–H and O–H groups in total. The zero-order valence-corrected chi connectivity index (χ0v) is 50.6. The Bertz CT molecular complexity index is 3460. The molecule has 82 heavy (non-hydrogen) atoms. The first kappa shape index (κ1) is 64.8. The van der Waals surface area contributed by atoms with E-state index in [1.165, 1.54) is 12.0 Å². The molecule has 0 spiro atoms. The minimum absolute atomic E-state index is 0. The van der Waals surface area contributed by atoms with Gasteiger partial charge < -0.3 is 23.6 Å². The number of alkyl halides is 1. The largest absolute Gasteiger partial charge is 1.00 e. The van der Waals surface area contributed by atoms with E-state index in [4.69, 9.17) is 17.5 Å². The third kappa shape index (κ3) is 17.6. The number of benzene rings is 4. The van der Waals surface area contributed by atoms with Gasteiger partial charge in [-0.1, -0.05) is 80.6 Å². The van der Waals surface area contributed by atoms with E-state index >= 15 is 0 Å². The van der Waals surface area contributed by atoms with Crippen LogP contribution in [0, 0.1) is 12.8 Å². The third-order valence-corrected chi connectivity index (χ3v) is 15.7. The van der Waals surface area contributed by atoms with Crippen molar-refractivity contribution in [1.82, 2.24) is 10.1 Å². The number of ether oxygens (including phenoxy) is 1. The first-order valence-electron chi connectivity index (χ1n) is 27.6. The van der Waals surface area contributed by atoms with Crippen molar-refractivity contribution in [2.45, 2.75) is 116 Å². The van der Waals surface area contributed by atoms with Crippen LogP contribution in [0.2, 0.25) is 0 Å². The van der Waals surface area contributed by atoms with E-state index in [2.05, 4.69) is 92.1 Å². The molecule has 4 aliphatic heterocycles. The zero-order valence-electron chi connectivity index (χ0n) is 48.9. The Morgan fingerprint density at radius 3 is 1.96 bits per heavy atom. The molecular weight excluding hydrogens is 1110 g/mol. The predicted molar refractivity (Wildman–Crippen MR) is 305 cm³/mol. The van der Waals surface area contributed by atoms with Crippen LogP contribution in [0.4, 0.5) is 15.8 Å². The number of carbonyl (C=O) groups is 5. The number of nitrogens with zero attached hydrogens (tertiary/aromatic N) is 4. The monoisotopic (exact) mass is 1180 g/mol. The summed E-state index contributed by atoms with van der Waals surface area (Å²) in [4.78, 5) is 63.4. The topological polar surface area (TPSA) is 251 Å². The molecule has 4 aliphatic rings. The summed E-state index contributed by atoms with van der Waals surface area (Å²) in [5.41, 5.74) is 5.57. The van der Waals surface area contributed by atoms with Gasteiger partial charge in [0.2, 0.25) is 5.69 Å². The Kier molecular flexibility index (Phi) is 24.3. The normalized spacial score (nSPS) is 17.1. The van der Waals surface area contributed by atoms with Crippen molar-refractivity contribution in [3.8, 4) is 18.6 Å². The average molecular weight is 1180 g/mol. The van der Waals surface area contributed by atoms with Crippen LogP contribution in [0.25, 0.3) is 21.5 Å². The first-order chi connectivity index (χ1) is 39.3. The summed E-state index contributed by atoms with van der Waals surface area (Å²) in [5, 5.41) is 13.5. The molecule has 8 rings (SSSR count). The Morgan fingerprint density at radius 2 is 1.33 bits per heavy atom. The second kappa shape index (κ2) is 30.8. The quantitative estimate of drug-likeness (QED) is 0.0133. The summed E-state index contributed by atoms with van der Waals surface area (Å²) in [6.45, 7) is 10.2. The number of hydrogen-bond acceptors (Lipinski definition) is 15. The Morgan fingerprint density at radius 1 is 0.756 bits per heavy atom. The smallest absolute Gasteiger partial charge is 0.748 e. The Hall–Kier alpha value is -6.35. The number of amides is 4. The number of unbranched alkanes of at least 4 members (excludes halogenated alkanes) is 4. The zero-order chi connectivity index (χ0) is 61.1. The van der Waals surface area contributed by atoms with Crippen molar-refractivity contribution in [2.75, 3.05) is 43.3 Å². The van der Waals surface area contributed by atoms with E-state index in [0.29, 0.717) is 62.6 Å². The summed E-state index contributed by atoms with van der Waals surface area (Å²) < 4.78 is 98.1. The van der Waals surface area contributed by atoms with Crippen molar-refractivity contribution in [3.05, 3.63) is 126 Å². The molecular formula is C60H70FN4NaO14S2. The molecule has 2 saturated heterocycles. The van der Waals surface area contributed by atoms with E-state index in [9.17, 15) is 54.3 Å². The molecule has 0 atom stereocenters. The SMILES string of the molecule is CC1(C)C(=CC=CC=CC=CC2=[N+](CCCCS(=O)(=O)[O-])c3ccc4ccc(OCCCCCC(=O)ON5C(=O)CCC5=O)cc4c3C2(C)C)N(CCCCS(=O)(=O)[O-])c2ccc3ccccc3c21.O=C1CCC(=O)N1O.[2H]C#C.[2H]CF.[Na+].